The fraction of sp³-hybridized carbons (Fsp3) is 0.441. The molecule has 6 aromatic rings. The number of ether oxygens (including phenoxy) is 1. The van der Waals surface area contributed by atoms with Crippen LogP contribution in [0.25, 0.3) is 0 Å². The molecule has 0 unspecified atom stereocenters. The smallest absolute Gasteiger partial charge is 0.407 e. The number of nitriles is 2. The fourth-order valence-electron chi connectivity index (χ4n) is 8.38. The van der Waals surface area contributed by atoms with Gasteiger partial charge >= 0.3 is 23.2 Å². The number of alkyl halides is 4. The molecule has 3 heterocycles. The van der Waals surface area contributed by atoms with Crippen molar-refractivity contribution in [1.29, 1.82) is 10.5 Å². The number of thiocyanates is 2. The molecule has 2 aliphatic rings. The zero-order valence-electron chi connectivity index (χ0n) is 51.1. The van der Waals surface area contributed by atoms with E-state index in [-0.39, 0.29) is 73.0 Å². The minimum Gasteiger partial charge on any atom is -0.444 e. The zero-order chi connectivity index (χ0) is 68.1. The Morgan fingerprint density at radius 3 is 1.46 bits per heavy atom. The van der Waals surface area contributed by atoms with Gasteiger partial charge in [0.25, 0.3) is 0 Å². The molecule has 498 valence electrons. The molecule has 2 fully saturated rings. The van der Waals surface area contributed by atoms with Crippen molar-refractivity contribution in [2.45, 2.75) is 119 Å². The molecule has 33 heteroatoms. The number of thioether (sulfide) groups is 2. The summed E-state index contributed by atoms with van der Waals surface area (Å²) in [5, 5.41) is 65.3. The minimum atomic E-state index is -0.671. The first kappa shape index (κ1) is 80.9. The first-order chi connectivity index (χ1) is 44.1. The van der Waals surface area contributed by atoms with Crippen molar-refractivity contribution in [2.24, 2.45) is 29.0 Å². The van der Waals surface area contributed by atoms with Crippen LogP contribution in [0.2, 0.25) is 5.28 Å². The van der Waals surface area contributed by atoms with Crippen molar-refractivity contribution in [1.82, 2.24) is 35.2 Å². The lowest BCUT2D eigenvalue weighted by Gasteiger charge is -2.29. The summed E-state index contributed by atoms with van der Waals surface area (Å²) in [5.74, 6) is 2.04. The van der Waals surface area contributed by atoms with E-state index < -0.39 is 20.4 Å². The lowest BCUT2D eigenvalue weighted by Crippen LogP contribution is -2.41. The van der Waals surface area contributed by atoms with Gasteiger partial charge in [-0.25, -0.2) is 24.7 Å². The molecule has 26 nitrogen and oxygen atoms in total. The Labute approximate surface area is 569 Å². The van der Waals surface area contributed by atoms with Gasteiger partial charge in [0, 0.05) is 55.2 Å². The van der Waals surface area contributed by atoms with E-state index in [0.717, 1.165) is 96.1 Å². The number of carbonyl (C=O) groups excluding carboxylic acids is 1. The second-order valence-electron chi connectivity index (χ2n) is 20.6. The Morgan fingerprint density at radius 1 is 0.620 bits per heavy atom. The van der Waals surface area contributed by atoms with Crippen LogP contribution in [0, 0.1) is 63.5 Å². The summed E-state index contributed by atoms with van der Waals surface area (Å²) in [4.78, 5) is 65.5. The number of carbonyl (C=O) groups is 1. The number of halogens is 5. The molecule has 0 bridgehead atoms. The Kier molecular flexibility index (Phi) is 41.9. The Bertz CT molecular complexity index is 3170. The molecule has 0 atom stereocenters. The number of hydrogen-bond acceptors (Lipinski definition) is 24. The third kappa shape index (κ3) is 35.6. The summed E-state index contributed by atoms with van der Waals surface area (Å²) >= 11 is 25.7. The summed E-state index contributed by atoms with van der Waals surface area (Å²) in [6.45, 7) is 9.03. The lowest BCUT2D eigenvalue weighted by molar-refractivity contribution is -0.388. The molecular formula is C59H77Cl5N18O8S2. The van der Waals surface area contributed by atoms with Crippen molar-refractivity contribution in [3.63, 3.8) is 0 Å². The average Bonchev–Trinajstić information content (AvgIpc) is 1.32. The topological polar surface area (TPSA) is 407 Å². The predicted molar refractivity (Wildman–Crippen MR) is 366 cm³/mol. The first-order valence-corrected chi connectivity index (χ1v) is 32.8. The van der Waals surface area contributed by atoms with Crippen molar-refractivity contribution in [2.75, 3.05) is 59.4 Å². The van der Waals surface area contributed by atoms with Crippen LogP contribution in [0.5, 0.6) is 0 Å². The molecule has 1 amide bonds. The maximum absolute atomic E-state index is 11.5. The van der Waals surface area contributed by atoms with E-state index in [1.165, 1.54) is 22.9 Å². The van der Waals surface area contributed by atoms with Gasteiger partial charge in [-0.2, -0.15) is 20.5 Å². The second-order valence-corrected chi connectivity index (χ2v) is 24.1. The number of alkyl carbamates (subject to hydrolysis) is 1. The number of aromatic nitrogens is 6. The number of anilines is 3. The predicted octanol–water partition coefficient (Wildman–Crippen LogP) is 13.3. The number of benzene rings is 3. The fourth-order valence-corrected chi connectivity index (χ4v) is 9.47. The molecule has 2 saturated carbocycles. The molecule has 3 aromatic heterocycles. The van der Waals surface area contributed by atoms with E-state index in [0.29, 0.717) is 60.9 Å². The zero-order valence-corrected chi connectivity index (χ0v) is 56.5. The molecule has 0 radical (unpaired) electrons. The lowest BCUT2D eigenvalue weighted by atomic mass is 9.86. The molecular weight excluding hydrogens is 1330 g/mol. The van der Waals surface area contributed by atoms with Crippen LogP contribution in [0.3, 0.4) is 0 Å². The highest BCUT2D eigenvalue weighted by atomic mass is 35.5. The maximum atomic E-state index is 11.5. The van der Waals surface area contributed by atoms with E-state index >= 15 is 0 Å². The number of nitro groups is 3. The van der Waals surface area contributed by atoms with Crippen molar-refractivity contribution < 1.29 is 24.3 Å². The highest BCUT2D eigenvalue weighted by Crippen LogP contribution is 2.29. The van der Waals surface area contributed by atoms with E-state index in [4.69, 9.17) is 90.5 Å². The van der Waals surface area contributed by atoms with Gasteiger partial charge in [0.05, 0.1) is 25.4 Å². The highest BCUT2D eigenvalue weighted by Gasteiger charge is 2.25. The minimum absolute atomic E-state index is 0.0414. The van der Waals surface area contributed by atoms with Crippen molar-refractivity contribution in [3.05, 3.63) is 162 Å². The number of hydrogen-bond donors (Lipinski definition) is 7. The van der Waals surface area contributed by atoms with Gasteiger partial charge in [-0.05, 0) is 145 Å². The normalized spacial score (nSPS) is 15.1. The monoisotopic (exact) mass is 1400 g/mol. The number of nitrogens with zero attached hydrogens (tertiary/aromatic N) is 11. The number of amides is 1. The van der Waals surface area contributed by atoms with Gasteiger partial charge in [0.1, 0.15) is 35.0 Å². The molecule has 0 spiro atoms. The summed E-state index contributed by atoms with van der Waals surface area (Å²) in [6.07, 6.45) is 14.0. The quantitative estimate of drug-likeness (QED) is 0.00710. The Morgan fingerprint density at radius 2 is 1.03 bits per heavy atom. The molecule has 2 aliphatic carbocycles. The third-order valence-electron chi connectivity index (χ3n) is 12.8. The summed E-state index contributed by atoms with van der Waals surface area (Å²) < 4.78 is 5.22. The maximum Gasteiger partial charge on any atom is 0.407 e. The van der Waals surface area contributed by atoms with Crippen LogP contribution in [-0.4, -0.2) is 112 Å². The summed E-state index contributed by atoms with van der Waals surface area (Å²) in [5.41, 5.74) is 19.5. The Hall–Kier alpha value is -7.22. The van der Waals surface area contributed by atoms with Gasteiger partial charge in [-0.3, -0.25) is 30.3 Å². The van der Waals surface area contributed by atoms with Crippen molar-refractivity contribution in [3.8, 4) is 10.8 Å². The van der Waals surface area contributed by atoms with E-state index in [1.54, 1.807) is 10.8 Å². The highest BCUT2D eigenvalue weighted by molar-refractivity contribution is 8.04. The third-order valence-corrected chi connectivity index (χ3v) is 14.1. The van der Waals surface area contributed by atoms with Gasteiger partial charge in [0.2, 0.25) is 23.0 Å². The molecule has 92 heavy (non-hydrogen) atoms. The number of nitrogens with two attached hydrogens (primary N) is 3. The number of nitrogens with one attached hydrogen (secondary N) is 4. The molecule has 3 aromatic carbocycles. The van der Waals surface area contributed by atoms with E-state index in [1.807, 2.05) is 87.5 Å². The second kappa shape index (κ2) is 47.6. The SMILES string of the molecule is CC(C)(C)OC(=O)NC1CCC(CN)CC1.ClCCl.ClCCl.N#CSc1nc(Cl)ncc1[N+](=O)[O-].N#CSc1nc(NCCc2ccccc2)ncc1[N+](=O)[O-].NC1CCC(CNc2nc(NCCc3ccccc3)ncc2[N+](=O)[O-])CC1.NCCc1ccccc1. The summed E-state index contributed by atoms with van der Waals surface area (Å²) in [7, 11) is 0. The van der Waals surface area contributed by atoms with Crippen LogP contribution < -0.4 is 38.5 Å². The van der Waals surface area contributed by atoms with Gasteiger partial charge < -0.3 is 43.2 Å². The largest absolute Gasteiger partial charge is 0.444 e. The van der Waals surface area contributed by atoms with Crippen LogP contribution in [0.1, 0.15) is 88.8 Å². The van der Waals surface area contributed by atoms with Crippen LogP contribution >= 0.6 is 81.5 Å². The van der Waals surface area contributed by atoms with Crippen LogP contribution in [0.4, 0.5) is 39.6 Å². The molecule has 8 rings (SSSR count). The molecule has 0 saturated heterocycles. The Balaban J connectivity index is 0.000000398. The van der Waals surface area contributed by atoms with Gasteiger partial charge in [0.15, 0.2) is 10.1 Å². The van der Waals surface area contributed by atoms with E-state index in [2.05, 4.69) is 75.4 Å². The average molecular weight is 1410 g/mol. The van der Waals surface area contributed by atoms with E-state index in [9.17, 15) is 35.1 Å². The first-order valence-electron chi connectivity index (χ1n) is 28.7. The van der Waals surface area contributed by atoms with Gasteiger partial charge in [-0.1, -0.05) is 91.0 Å². The van der Waals surface area contributed by atoms with Crippen LogP contribution in [0.15, 0.2) is 120 Å². The standard InChI is InChI=1S/C19H26N6O2.C13H11N5O2S.C12H24N2O2.C8H11N.C5HClN4O2S.2CH2Cl2/c20-16-8-6-15(7-9-16)12-22-18-17(25(26)27)13-23-19(24-18)21-11-10-14-4-2-1-3-5-14;14-9-21-12-11(18(19)20)8-16-13(17-12)15-7-6-10-4-2-1-3-5-10;1-12(2,3)16-11(15)14-10-6-4-9(8-13)5-7-10;9-7-6-8-4-2-1-3-5-8;6-5-8-1-3(10(11)12)4(9-5)13-2-7;2*2-1-3/h1-5,13,15-16H,6-12,20H2,(H2,21,22,23,24);1-5,8H,6-7H2,(H,15,16,17);9-10H,4-8,13H2,1-3H3,(H,14,15);1-5H,6-7,9H2;1H;2*1H2. The number of rotatable bonds is 20. The van der Waals surface area contributed by atoms with Gasteiger partial charge in [-0.15, -0.1) is 46.4 Å². The molecule has 0 aliphatic heterocycles. The molecule has 10 N–H and O–H groups in total. The van der Waals surface area contributed by atoms with Crippen LogP contribution in [-0.2, 0) is 24.0 Å². The summed E-state index contributed by atoms with van der Waals surface area (Å²) in [6, 6.07) is 30.8. The van der Waals surface area contributed by atoms with Crippen molar-refractivity contribution >= 4 is 122 Å².